The lowest BCUT2D eigenvalue weighted by Crippen LogP contribution is -2.38. The van der Waals surface area contributed by atoms with Gasteiger partial charge in [0.15, 0.2) is 0 Å². The fourth-order valence-electron chi connectivity index (χ4n) is 2.36. The monoisotopic (exact) mass is 229 g/mol. The summed E-state index contributed by atoms with van der Waals surface area (Å²) in [7, 11) is 2.09. The molecule has 2 heteroatoms. The van der Waals surface area contributed by atoms with Gasteiger partial charge in [0.05, 0.1) is 0 Å². The number of rotatable bonds is 3. The van der Waals surface area contributed by atoms with Crippen molar-refractivity contribution >= 4 is 0 Å². The lowest BCUT2D eigenvalue weighted by Gasteiger charge is -2.32. The van der Waals surface area contributed by atoms with Gasteiger partial charge in [-0.05, 0) is 31.7 Å². The lowest BCUT2D eigenvalue weighted by atomic mass is 9.80. The third kappa shape index (κ3) is 6.49. The van der Waals surface area contributed by atoms with Crippen molar-refractivity contribution in [2.75, 3.05) is 13.7 Å². The summed E-state index contributed by atoms with van der Waals surface area (Å²) < 4.78 is 0. The van der Waals surface area contributed by atoms with Crippen LogP contribution in [0.4, 0.5) is 0 Å². The van der Waals surface area contributed by atoms with Crippen LogP contribution in [0.5, 0.6) is 0 Å². The van der Waals surface area contributed by atoms with Crippen LogP contribution in [-0.2, 0) is 0 Å². The fraction of sp³-hybridized carbons (Fsp3) is 1.00. The molecule has 0 spiro atoms. The maximum absolute atomic E-state index is 8.07. The van der Waals surface area contributed by atoms with Crippen LogP contribution < -0.4 is 5.32 Å². The van der Waals surface area contributed by atoms with E-state index in [0.29, 0.717) is 12.0 Å². The van der Waals surface area contributed by atoms with Crippen molar-refractivity contribution in [3.8, 4) is 0 Å². The van der Waals surface area contributed by atoms with E-state index in [1.165, 1.54) is 32.1 Å². The Bertz CT molecular complexity index is 155. The first-order valence-corrected chi connectivity index (χ1v) is 6.86. The summed E-state index contributed by atoms with van der Waals surface area (Å²) in [5.41, 5.74) is 0.519. The normalized spacial score (nSPS) is 24.2. The first-order valence-electron chi connectivity index (χ1n) is 6.86. The highest BCUT2D eigenvalue weighted by molar-refractivity contribution is 4.85. The number of aliphatic hydroxyl groups is 1. The number of nitrogens with one attached hydrogen (secondary N) is 1. The molecule has 0 heterocycles. The van der Waals surface area contributed by atoms with Gasteiger partial charge < -0.3 is 10.4 Å². The molecular formula is C14H31NO. The molecule has 2 nitrogen and oxygen atoms in total. The molecule has 0 saturated heterocycles. The van der Waals surface area contributed by atoms with Gasteiger partial charge in [0.25, 0.3) is 0 Å². The lowest BCUT2D eigenvalue weighted by molar-refractivity contribution is 0.235. The predicted octanol–water partition coefficient (Wildman–Crippen LogP) is 3.34. The Morgan fingerprint density at radius 1 is 1.25 bits per heavy atom. The van der Waals surface area contributed by atoms with Crippen molar-refractivity contribution < 1.29 is 5.11 Å². The molecule has 0 bridgehead atoms. The van der Waals surface area contributed by atoms with E-state index in [1.807, 2.05) is 0 Å². The molecule has 16 heavy (non-hydrogen) atoms. The Balaban J connectivity index is 0.000000385. The molecule has 0 aromatic heterocycles. The minimum Gasteiger partial charge on any atom is -0.396 e. The molecule has 0 aromatic carbocycles. The number of unbranched alkanes of at least 4 members (excludes halogenated alkanes) is 1. The molecule has 1 fully saturated rings. The summed E-state index contributed by atoms with van der Waals surface area (Å²) in [5.74, 6) is 0. The second-order valence-electron chi connectivity index (χ2n) is 5.51. The maximum atomic E-state index is 8.07. The van der Waals surface area contributed by atoms with Crippen molar-refractivity contribution in [2.24, 2.45) is 5.41 Å². The Labute approximate surface area is 102 Å². The van der Waals surface area contributed by atoms with E-state index in [1.54, 1.807) is 0 Å². The predicted molar refractivity (Wildman–Crippen MR) is 71.7 cm³/mol. The standard InChI is InChI=1S/C10H21N.C4H10O/c1-10(2)8-6-4-5-7-9(10)11-3;1-2-3-4-5/h9,11H,4-8H2,1-3H3;5H,2-4H2,1H3. The molecule has 0 aromatic rings. The van der Waals surface area contributed by atoms with E-state index in [2.05, 4.69) is 33.1 Å². The average molecular weight is 229 g/mol. The van der Waals surface area contributed by atoms with Gasteiger partial charge in [0.1, 0.15) is 0 Å². The van der Waals surface area contributed by atoms with Gasteiger partial charge in [0, 0.05) is 12.6 Å². The molecule has 0 radical (unpaired) electrons. The summed E-state index contributed by atoms with van der Waals surface area (Å²) in [5, 5.41) is 11.5. The summed E-state index contributed by atoms with van der Waals surface area (Å²) in [4.78, 5) is 0. The Kier molecular flexibility index (Phi) is 8.96. The van der Waals surface area contributed by atoms with Gasteiger partial charge in [-0.15, -0.1) is 0 Å². The minimum atomic E-state index is 0.344. The van der Waals surface area contributed by atoms with Crippen LogP contribution in [-0.4, -0.2) is 24.8 Å². The van der Waals surface area contributed by atoms with E-state index in [0.717, 1.165) is 18.9 Å². The maximum Gasteiger partial charge on any atom is 0.0430 e. The van der Waals surface area contributed by atoms with Crippen LogP contribution in [0.25, 0.3) is 0 Å². The molecule has 1 rings (SSSR count). The van der Waals surface area contributed by atoms with Crippen molar-refractivity contribution in [1.82, 2.24) is 5.32 Å². The molecule has 1 aliphatic carbocycles. The van der Waals surface area contributed by atoms with Crippen LogP contribution in [0.15, 0.2) is 0 Å². The largest absolute Gasteiger partial charge is 0.396 e. The van der Waals surface area contributed by atoms with Gasteiger partial charge >= 0.3 is 0 Å². The van der Waals surface area contributed by atoms with Crippen molar-refractivity contribution in [2.45, 2.75) is 71.8 Å². The zero-order valence-electron chi connectivity index (χ0n) is 11.7. The third-order valence-corrected chi connectivity index (χ3v) is 3.62. The van der Waals surface area contributed by atoms with E-state index >= 15 is 0 Å². The molecule has 0 aliphatic heterocycles. The van der Waals surface area contributed by atoms with E-state index in [-0.39, 0.29) is 0 Å². The topological polar surface area (TPSA) is 32.3 Å². The highest BCUT2D eigenvalue weighted by atomic mass is 16.2. The van der Waals surface area contributed by atoms with Crippen molar-refractivity contribution in [3.63, 3.8) is 0 Å². The van der Waals surface area contributed by atoms with Gasteiger partial charge in [-0.3, -0.25) is 0 Å². The average Bonchev–Trinajstić information content (AvgIpc) is 2.41. The summed E-state index contributed by atoms with van der Waals surface area (Å²) in [6.07, 6.45) is 9.06. The fourth-order valence-corrected chi connectivity index (χ4v) is 2.36. The Hall–Kier alpha value is -0.0800. The quantitative estimate of drug-likeness (QED) is 0.727. The van der Waals surface area contributed by atoms with Gasteiger partial charge in [0.2, 0.25) is 0 Å². The number of hydrogen-bond donors (Lipinski definition) is 2. The molecule has 1 atom stereocenters. The van der Waals surface area contributed by atoms with E-state index < -0.39 is 0 Å². The van der Waals surface area contributed by atoms with E-state index in [9.17, 15) is 0 Å². The third-order valence-electron chi connectivity index (χ3n) is 3.62. The number of aliphatic hydroxyl groups excluding tert-OH is 1. The van der Waals surface area contributed by atoms with Gasteiger partial charge in [-0.1, -0.05) is 46.5 Å². The second kappa shape index (κ2) is 9.00. The van der Waals surface area contributed by atoms with Gasteiger partial charge in [-0.25, -0.2) is 0 Å². The number of hydrogen-bond acceptors (Lipinski definition) is 2. The van der Waals surface area contributed by atoms with Crippen LogP contribution >= 0.6 is 0 Å². The van der Waals surface area contributed by atoms with Crippen LogP contribution in [0.3, 0.4) is 0 Å². The second-order valence-corrected chi connectivity index (χ2v) is 5.51. The summed E-state index contributed by atoms with van der Waals surface area (Å²) >= 11 is 0. The zero-order chi connectivity index (χ0) is 12.4. The van der Waals surface area contributed by atoms with Crippen LogP contribution in [0.1, 0.15) is 65.7 Å². The molecule has 98 valence electrons. The molecule has 0 amide bonds. The first kappa shape index (κ1) is 15.9. The van der Waals surface area contributed by atoms with Gasteiger partial charge in [-0.2, -0.15) is 0 Å². The molecule has 1 aliphatic rings. The first-order chi connectivity index (χ1) is 7.58. The highest BCUT2D eigenvalue weighted by Gasteiger charge is 2.28. The van der Waals surface area contributed by atoms with Crippen LogP contribution in [0, 0.1) is 5.41 Å². The SMILES string of the molecule is CCCCO.CNC1CCCCCC1(C)C. The van der Waals surface area contributed by atoms with Crippen molar-refractivity contribution in [1.29, 1.82) is 0 Å². The molecule has 1 saturated carbocycles. The highest BCUT2D eigenvalue weighted by Crippen LogP contribution is 2.33. The molecule has 2 N–H and O–H groups in total. The van der Waals surface area contributed by atoms with E-state index in [4.69, 9.17) is 5.11 Å². The smallest absolute Gasteiger partial charge is 0.0430 e. The summed E-state index contributed by atoms with van der Waals surface area (Å²) in [6, 6.07) is 0.741. The van der Waals surface area contributed by atoms with Crippen LogP contribution in [0.2, 0.25) is 0 Å². The summed E-state index contributed by atoms with van der Waals surface area (Å²) in [6.45, 7) is 7.17. The minimum absolute atomic E-state index is 0.344. The molecule has 1 unspecified atom stereocenters. The Morgan fingerprint density at radius 2 is 1.94 bits per heavy atom. The zero-order valence-corrected chi connectivity index (χ0v) is 11.7. The Morgan fingerprint density at radius 3 is 2.38 bits per heavy atom. The molecular weight excluding hydrogens is 198 g/mol. The van der Waals surface area contributed by atoms with Crippen molar-refractivity contribution in [3.05, 3.63) is 0 Å².